The number of rotatable bonds is 6. The lowest BCUT2D eigenvalue weighted by atomic mass is 9.95. The van der Waals surface area contributed by atoms with Crippen LogP contribution in [0.15, 0.2) is 42.7 Å². The summed E-state index contributed by atoms with van der Waals surface area (Å²) in [7, 11) is 0. The first-order valence-corrected chi connectivity index (χ1v) is 14.1. The second-order valence-electron chi connectivity index (χ2n) is 10.6. The van der Waals surface area contributed by atoms with Gasteiger partial charge in [-0.05, 0) is 37.0 Å². The molecule has 2 aromatic heterocycles. The Kier molecular flexibility index (Phi) is 7.85. The van der Waals surface area contributed by atoms with Gasteiger partial charge in [-0.25, -0.2) is 9.97 Å². The molecule has 3 fully saturated rings. The summed E-state index contributed by atoms with van der Waals surface area (Å²) in [6.45, 7) is 8.92. The van der Waals surface area contributed by atoms with Crippen LogP contribution in [-0.4, -0.2) is 97.0 Å². The highest BCUT2D eigenvalue weighted by atomic mass is 16.5. The number of piperazine rings is 1. The van der Waals surface area contributed by atoms with E-state index in [1.54, 1.807) is 12.4 Å². The number of benzene rings is 1. The van der Waals surface area contributed by atoms with Gasteiger partial charge in [0.1, 0.15) is 11.6 Å². The van der Waals surface area contributed by atoms with E-state index in [1.807, 2.05) is 11.0 Å². The van der Waals surface area contributed by atoms with Gasteiger partial charge in [0.15, 0.2) is 5.82 Å². The number of morpholine rings is 1. The number of nitrogens with zero attached hydrogens (tertiary/aromatic N) is 5. The van der Waals surface area contributed by atoms with Crippen LogP contribution in [0.4, 0.5) is 11.5 Å². The lowest BCUT2D eigenvalue weighted by Crippen LogP contribution is -2.53. The van der Waals surface area contributed by atoms with E-state index in [0.29, 0.717) is 44.6 Å². The summed E-state index contributed by atoms with van der Waals surface area (Å²) < 4.78 is 11.7. The van der Waals surface area contributed by atoms with Crippen LogP contribution in [0.5, 0.6) is 0 Å². The summed E-state index contributed by atoms with van der Waals surface area (Å²) in [6, 6.07) is 10.5. The molecule has 3 atom stereocenters. The molecule has 0 radical (unpaired) electrons. The van der Waals surface area contributed by atoms with Crippen LogP contribution in [0.3, 0.4) is 0 Å². The van der Waals surface area contributed by atoms with E-state index in [4.69, 9.17) is 14.5 Å². The van der Waals surface area contributed by atoms with E-state index in [0.717, 1.165) is 67.0 Å². The van der Waals surface area contributed by atoms with Crippen molar-refractivity contribution in [2.75, 3.05) is 69.2 Å². The van der Waals surface area contributed by atoms with Gasteiger partial charge in [-0.1, -0.05) is 19.1 Å². The number of aromatic nitrogens is 3. The largest absolute Gasteiger partial charge is 0.374 e. The van der Waals surface area contributed by atoms with Crippen molar-refractivity contribution >= 4 is 28.4 Å². The Bertz CT molecular complexity index is 1270. The van der Waals surface area contributed by atoms with E-state index in [9.17, 15) is 4.79 Å². The van der Waals surface area contributed by atoms with Crippen molar-refractivity contribution in [1.29, 1.82) is 0 Å². The van der Waals surface area contributed by atoms with E-state index < -0.39 is 0 Å². The molecule has 0 aliphatic carbocycles. The Morgan fingerprint density at radius 1 is 1.08 bits per heavy atom. The van der Waals surface area contributed by atoms with Crippen LogP contribution < -0.4 is 15.5 Å². The van der Waals surface area contributed by atoms with Crippen molar-refractivity contribution in [2.45, 2.75) is 32.0 Å². The van der Waals surface area contributed by atoms with Crippen LogP contribution in [-0.2, 0) is 14.3 Å². The molecule has 5 heterocycles. The molecule has 1 amide bonds. The van der Waals surface area contributed by atoms with Crippen molar-refractivity contribution in [3.63, 3.8) is 0 Å². The van der Waals surface area contributed by atoms with Crippen molar-refractivity contribution in [2.24, 2.45) is 5.92 Å². The van der Waals surface area contributed by atoms with Gasteiger partial charge in [0.2, 0.25) is 0 Å². The molecule has 0 saturated carbocycles. The number of hydrogen-bond donors (Lipinski definition) is 2. The number of hydrogen-bond acceptors (Lipinski definition) is 9. The van der Waals surface area contributed by atoms with Gasteiger partial charge in [-0.15, -0.1) is 0 Å². The number of pyridine rings is 1. The van der Waals surface area contributed by atoms with Gasteiger partial charge in [-0.2, -0.15) is 0 Å². The van der Waals surface area contributed by atoms with Crippen LogP contribution >= 0.6 is 0 Å². The van der Waals surface area contributed by atoms with Gasteiger partial charge in [0.05, 0.1) is 23.9 Å². The number of carbonyl (C=O) groups excluding carboxylic acids is 1. The van der Waals surface area contributed by atoms with E-state index >= 15 is 0 Å². The second kappa shape index (κ2) is 11.8. The number of nitrogens with one attached hydrogen (secondary N) is 2. The summed E-state index contributed by atoms with van der Waals surface area (Å²) in [5, 5.41) is 6.80. The molecule has 3 aliphatic heterocycles. The smallest absolute Gasteiger partial charge is 0.252 e. The fraction of sp³-hybridized carbons (Fsp3) is 0.517. The van der Waals surface area contributed by atoms with Gasteiger partial charge in [0.25, 0.3) is 5.91 Å². The standard InChI is InChI=1S/C29H37N7O3/c1-20-3-2-15-39-27(20)29(37)36-13-11-35(12-14-36)22-6-4-21(5-7-22)24-17-25-26(32-9-8-31-25)28(34-24)33-19-23-18-30-10-16-38-23/h4-9,17,20,23,27,30H,2-3,10-16,18-19H2,1H3,(H,33,34)/t20?,23-,27+/m0/s1. The van der Waals surface area contributed by atoms with Gasteiger partial charge in [-0.3, -0.25) is 9.78 Å². The van der Waals surface area contributed by atoms with E-state index in [-0.39, 0.29) is 18.1 Å². The molecular weight excluding hydrogens is 494 g/mol. The minimum absolute atomic E-state index is 0.0876. The number of carbonyl (C=O) groups is 1. The Morgan fingerprint density at radius 3 is 2.67 bits per heavy atom. The summed E-state index contributed by atoms with van der Waals surface area (Å²) in [6.07, 6.45) is 5.31. The summed E-state index contributed by atoms with van der Waals surface area (Å²) in [5.41, 5.74) is 4.56. The highest BCUT2D eigenvalue weighted by Gasteiger charge is 2.33. The monoisotopic (exact) mass is 531 g/mol. The highest BCUT2D eigenvalue weighted by Crippen LogP contribution is 2.28. The normalized spacial score (nSPS) is 24.1. The number of fused-ring (bicyclic) bond motifs is 1. The van der Waals surface area contributed by atoms with Gasteiger partial charge in [0, 0.05) is 76.1 Å². The molecule has 39 heavy (non-hydrogen) atoms. The number of ether oxygens (including phenoxy) is 2. The van der Waals surface area contributed by atoms with Gasteiger partial charge < -0.3 is 29.9 Å². The van der Waals surface area contributed by atoms with Crippen LogP contribution in [0, 0.1) is 5.92 Å². The van der Waals surface area contributed by atoms with Crippen molar-refractivity contribution in [3.8, 4) is 11.3 Å². The Balaban J connectivity index is 1.13. The molecule has 6 rings (SSSR count). The zero-order chi connectivity index (χ0) is 26.6. The highest BCUT2D eigenvalue weighted by molar-refractivity contribution is 5.88. The molecule has 2 N–H and O–H groups in total. The first-order valence-electron chi connectivity index (χ1n) is 14.1. The molecule has 0 spiro atoms. The average Bonchev–Trinajstić information content (AvgIpc) is 3.00. The quantitative estimate of drug-likeness (QED) is 0.497. The molecule has 1 aromatic carbocycles. The van der Waals surface area contributed by atoms with Crippen molar-refractivity contribution < 1.29 is 14.3 Å². The SMILES string of the molecule is CC1CCCO[C@H]1C(=O)N1CCN(c2ccc(-c3cc4nccnc4c(NC[C@@H]4CNCCO4)n3)cc2)CC1. The second-order valence-corrected chi connectivity index (χ2v) is 10.6. The first-order chi connectivity index (χ1) is 19.2. The maximum atomic E-state index is 13.0. The first kappa shape index (κ1) is 25.9. The fourth-order valence-electron chi connectivity index (χ4n) is 5.66. The summed E-state index contributed by atoms with van der Waals surface area (Å²) in [5.74, 6) is 1.16. The fourth-order valence-corrected chi connectivity index (χ4v) is 5.66. The zero-order valence-electron chi connectivity index (χ0n) is 22.5. The van der Waals surface area contributed by atoms with Gasteiger partial charge >= 0.3 is 0 Å². The topological polar surface area (TPSA) is 105 Å². The van der Waals surface area contributed by atoms with E-state index in [1.165, 1.54) is 0 Å². The minimum Gasteiger partial charge on any atom is -0.374 e. The molecule has 10 heteroatoms. The maximum Gasteiger partial charge on any atom is 0.252 e. The van der Waals surface area contributed by atoms with Crippen LogP contribution in [0.2, 0.25) is 0 Å². The molecule has 0 bridgehead atoms. The molecule has 10 nitrogen and oxygen atoms in total. The maximum absolute atomic E-state index is 13.0. The third-order valence-electron chi connectivity index (χ3n) is 7.94. The zero-order valence-corrected chi connectivity index (χ0v) is 22.5. The van der Waals surface area contributed by atoms with Crippen molar-refractivity contribution in [3.05, 3.63) is 42.7 Å². The third-order valence-corrected chi connectivity index (χ3v) is 7.94. The van der Waals surface area contributed by atoms with Crippen LogP contribution in [0.1, 0.15) is 19.8 Å². The lowest BCUT2D eigenvalue weighted by molar-refractivity contribution is -0.151. The Hall–Kier alpha value is -3.34. The lowest BCUT2D eigenvalue weighted by Gasteiger charge is -2.39. The average molecular weight is 532 g/mol. The minimum atomic E-state index is -0.282. The molecule has 1 unspecified atom stereocenters. The molecule has 3 saturated heterocycles. The van der Waals surface area contributed by atoms with Crippen LogP contribution in [0.25, 0.3) is 22.3 Å². The predicted octanol–water partition coefficient (Wildman–Crippen LogP) is 2.56. The Morgan fingerprint density at radius 2 is 1.90 bits per heavy atom. The summed E-state index contributed by atoms with van der Waals surface area (Å²) >= 11 is 0. The molecule has 206 valence electrons. The summed E-state index contributed by atoms with van der Waals surface area (Å²) in [4.78, 5) is 31.3. The number of anilines is 2. The predicted molar refractivity (Wildman–Crippen MR) is 151 cm³/mol. The molecule has 3 aliphatic rings. The third kappa shape index (κ3) is 5.83. The molecular formula is C29H37N7O3. The number of amides is 1. The Labute approximate surface area is 229 Å². The van der Waals surface area contributed by atoms with Crippen molar-refractivity contribution in [1.82, 2.24) is 25.2 Å². The molecule has 3 aromatic rings. The van der Waals surface area contributed by atoms with E-state index in [2.05, 4.69) is 56.7 Å².